The van der Waals surface area contributed by atoms with E-state index >= 15 is 0 Å². The molecular weight excluding hydrogens is 217 g/mol. The summed E-state index contributed by atoms with van der Waals surface area (Å²) in [5.41, 5.74) is 7.14. The van der Waals surface area contributed by atoms with E-state index in [1.54, 1.807) is 18.3 Å². The summed E-state index contributed by atoms with van der Waals surface area (Å²) in [4.78, 5) is 4.12. The molecule has 0 radical (unpaired) electrons. The van der Waals surface area contributed by atoms with E-state index in [0.717, 1.165) is 17.8 Å². The Hall–Kier alpha value is -2.10. The average Bonchev–Trinajstić information content (AvgIpc) is 2.32. The van der Waals surface area contributed by atoms with Gasteiger partial charge in [-0.15, -0.1) is 0 Å². The molecule has 88 valence electrons. The summed E-state index contributed by atoms with van der Waals surface area (Å²) in [7, 11) is 0. The lowest BCUT2D eigenvalue weighted by molar-refractivity contribution is 0.625. The van der Waals surface area contributed by atoms with Crippen LogP contribution in [0.3, 0.4) is 0 Å². The summed E-state index contributed by atoms with van der Waals surface area (Å²) in [5, 5.41) is 3.15. The highest BCUT2D eigenvalue weighted by Crippen LogP contribution is 2.07. The second kappa shape index (κ2) is 5.30. The van der Waals surface area contributed by atoms with Gasteiger partial charge in [0.05, 0.1) is 11.9 Å². The van der Waals surface area contributed by atoms with Gasteiger partial charge in [-0.2, -0.15) is 0 Å². The van der Waals surface area contributed by atoms with Gasteiger partial charge in [0, 0.05) is 6.54 Å². The third kappa shape index (κ3) is 3.45. The molecule has 0 saturated carbocycles. The van der Waals surface area contributed by atoms with Crippen molar-refractivity contribution in [1.29, 1.82) is 0 Å². The van der Waals surface area contributed by atoms with Gasteiger partial charge in [-0.1, -0.05) is 12.1 Å². The minimum Gasteiger partial charge on any atom is -0.397 e. The van der Waals surface area contributed by atoms with Gasteiger partial charge in [-0.25, -0.2) is 9.37 Å². The van der Waals surface area contributed by atoms with Crippen molar-refractivity contribution in [3.05, 3.63) is 54.0 Å². The normalized spacial score (nSPS) is 10.2. The third-order valence-corrected chi connectivity index (χ3v) is 2.40. The predicted molar refractivity (Wildman–Crippen MR) is 67.2 cm³/mol. The summed E-state index contributed by atoms with van der Waals surface area (Å²) in [5.74, 6) is 0.573. The van der Waals surface area contributed by atoms with E-state index in [1.807, 2.05) is 12.1 Å². The fourth-order valence-corrected chi connectivity index (χ4v) is 1.54. The fourth-order valence-electron chi connectivity index (χ4n) is 1.54. The molecule has 0 atom stereocenters. The summed E-state index contributed by atoms with van der Waals surface area (Å²) < 4.78 is 12.9. The number of benzene rings is 1. The number of anilines is 2. The van der Waals surface area contributed by atoms with Crippen LogP contribution in [0.15, 0.2) is 42.6 Å². The van der Waals surface area contributed by atoms with Crippen LogP contribution in [0.1, 0.15) is 5.56 Å². The van der Waals surface area contributed by atoms with E-state index in [4.69, 9.17) is 5.73 Å². The van der Waals surface area contributed by atoms with Crippen molar-refractivity contribution in [2.24, 2.45) is 0 Å². The summed E-state index contributed by atoms with van der Waals surface area (Å²) in [6.45, 7) is 0.709. The van der Waals surface area contributed by atoms with E-state index in [1.165, 1.54) is 12.1 Å². The number of pyridine rings is 1. The molecule has 1 heterocycles. The van der Waals surface area contributed by atoms with Crippen molar-refractivity contribution in [1.82, 2.24) is 4.98 Å². The molecule has 0 bridgehead atoms. The highest BCUT2D eigenvalue weighted by atomic mass is 19.1. The molecule has 0 amide bonds. The minimum atomic E-state index is -0.201. The van der Waals surface area contributed by atoms with Crippen molar-refractivity contribution >= 4 is 11.5 Å². The number of halogens is 1. The Bertz CT molecular complexity index is 482. The average molecular weight is 231 g/mol. The van der Waals surface area contributed by atoms with Gasteiger partial charge in [0.15, 0.2) is 0 Å². The van der Waals surface area contributed by atoms with Crippen LogP contribution < -0.4 is 11.1 Å². The van der Waals surface area contributed by atoms with Crippen molar-refractivity contribution in [2.45, 2.75) is 6.42 Å². The van der Waals surface area contributed by atoms with Crippen LogP contribution in [0.4, 0.5) is 15.9 Å². The molecule has 0 aliphatic heterocycles. The Balaban J connectivity index is 1.85. The van der Waals surface area contributed by atoms with Crippen LogP contribution in [0.5, 0.6) is 0 Å². The monoisotopic (exact) mass is 231 g/mol. The number of hydrogen-bond donors (Lipinski definition) is 2. The van der Waals surface area contributed by atoms with Crippen LogP contribution in [0, 0.1) is 5.82 Å². The maximum Gasteiger partial charge on any atom is 0.126 e. The Labute approximate surface area is 99.5 Å². The molecule has 0 saturated heterocycles. The van der Waals surface area contributed by atoms with Crippen molar-refractivity contribution < 1.29 is 4.39 Å². The molecule has 4 heteroatoms. The Morgan fingerprint density at radius 2 is 2.12 bits per heavy atom. The van der Waals surface area contributed by atoms with Crippen LogP contribution in [0.25, 0.3) is 0 Å². The van der Waals surface area contributed by atoms with Gasteiger partial charge < -0.3 is 11.1 Å². The van der Waals surface area contributed by atoms with Crippen LogP contribution in [-0.4, -0.2) is 11.5 Å². The quantitative estimate of drug-likeness (QED) is 0.849. The molecule has 0 aliphatic rings. The first kappa shape index (κ1) is 11.4. The largest absolute Gasteiger partial charge is 0.397 e. The van der Waals surface area contributed by atoms with Crippen LogP contribution in [-0.2, 0) is 6.42 Å². The van der Waals surface area contributed by atoms with Gasteiger partial charge in [0.1, 0.15) is 11.6 Å². The number of nitrogens with two attached hydrogens (primary N) is 1. The number of rotatable bonds is 4. The highest BCUT2D eigenvalue weighted by Gasteiger charge is 1.96. The molecule has 3 N–H and O–H groups in total. The molecule has 0 fully saturated rings. The highest BCUT2D eigenvalue weighted by molar-refractivity contribution is 5.43. The predicted octanol–water partition coefficient (Wildman–Crippen LogP) is 2.46. The lowest BCUT2D eigenvalue weighted by Gasteiger charge is -2.05. The van der Waals surface area contributed by atoms with E-state index in [2.05, 4.69) is 10.3 Å². The van der Waals surface area contributed by atoms with Crippen LogP contribution >= 0.6 is 0 Å². The molecule has 0 aliphatic carbocycles. The molecule has 2 rings (SSSR count). The molecule has 0 spiro atoms. The minimum absolute atomic E-state index is 0.201. The fraction of sp³-hybridized carbons (Fsp3) is 0.154. The zero-order valence-electron chi connectivity index (χ0n) is 9.36. The van der Waals surface area contributed by atoms with Crippen molar-refractivity contribution in [2.75, 3.05) is 17.6 Å². The van der Waals surface area contributed by atoms with Gasteiger partial charge in [-0.05, 0) is 36.2 Å². The molecular formula is C13H14FN3. The SMILES string of the molecule is Nc1ccc(NCCc2cccc(F)c2)nc1. The number of nitrogens with zero attached hydrogens (tertiary/aromatic N) is 1. The maximum atomic E-state index is 12.9. The first-order valence-corrected chi connectivity index (χ1v) is 5.44. The standard InChI is InChI=1S/C13H14FN3/c14-11-3-1-2-10(8-11)6-7-16-13-5-4-12(15)9-17-13/h1-5,8-9H,6-7,15H2,(H,16,17). The smallest absolute Gasteiger partial charge is 0.126 e. The lowest BCUT2D eigenvalue weighted by Crippen LogP contribution is -2.06. The van der Waals surface area contributed by atoms with E-state index in [-0.39, 0.29) is 5.82 Å². The van der Waals surface area contributed by atoms with Gasteiger partial charge in [-0.3, -0.25) is 0 Å². The molecule has 17 heavy (non-hydrogen) atoms. The Morgan fingerprint density at radius 1 is 1.24 bits per heavy atom. The van der Waals surface area contributed by atoms with Crippen molar-refractivity contribution in [3.63, 3.8) is 0 Å². The second-order valence-corrected chi connectivity index (χ2v) is 3.78. The molecule has 0 unspecified atom stereocenters. The van der Waals surface area contributed by atoms with E-state index < -0.39 is 0 Å². The lowest BCUT2D eigenvalue weighted by atomic mass is 10.1. The Kier molecular flexibility index (Phi) is 3.55. The van der Waals surface area contributed by atoms with Gasteiger partial charge in [0.25, 0.3) is 0 Å². The third-order valence-electron chi connectivity index (χ3n) is 2.40. The number of nitrogens with one attached hydrogen (secondary N) is 1. The van der Waals surface area contributed by atoms with E-state index in [0.29, 0.717) is 12.2 Å². The topological polar surface area (TPSA) is 50.9 Å². The van der Waals surface area contributed by atoms with Gasteiger partial charge >= 0.3 is 0 Å². The summed E-state index contributed by atoms with van der Waals surface area (Å²) in [6.07, 6.45) is 2.36. The second-order valence-electron chi connectivity index (χ2n) is 3.78. The first-order valence-electron chi connectivity index (χ1n) is 5.44. The van der Waals surface area contributed by atoms with Crippen molar-refractivity contribution in [3.8, 4) is 0 Å². The zero-order valence-corrected chi connectivity index (χ0v) is 9.36. The molecule has 2 aromatic rings. The van der Waals surface area contributed by atoms with Gasteiger partial charge in [0.2, 0.25) is 0 Å². The molecule has 3 nitrogen and oxygen atoms in total. The first-order chi connectivity index (χ1) is 8.24. The molecule has 1 aromatic carbocycles. The Morgan fingerprint density at radius 3 is 2.82 bits per heavy atom. The number of hydrogen-bond acceptors (Lipinski definition) is 3. The number of aromatic nitrogens is 1. The molecule has 1 aromatic heterocycles. The number of nitrogen functional groups attached to an aromatic ring is 1. The van der Waals surface area contributed by atoms with Crippen LogP contribution in [0.2, 0.25) is 0 Å². The van der Waals surface area contributed by atoms with E-state index in [9.17, 15) is 4.39 Å². The zero-order chi connectivity index (χ0) is 12.1. The summed E-state index contributed by atoms with van der Waals surface area (Å²) in [6, 6.07) is 10.2. The summed E-state index contributed by atoms with van der Waals surface area (Å²) >= 11 is 0. The maximum absolute atomic E-state index is 12.9.